The SMILES string of the molecule is COc1ccccc1CNC(=O)c1nc(-c2cccnc2)no1. The van der Waals surface area contributed by atoms with Crippen LogP contribution in [0.1, 0.15) is 16.2 Å². The number of carbonyl (C=O) groups excluding carboxylic acids is 1. The van der Waals surface area contributed by atoms with Gasteiger partial charge in [-0.15, -0.1) is 0 Å². The van der Waals surface area contributed by atoms with Crippen molar-refractivity contribution in [1.82, 2.24) is 20.4 Å². The number of para-hydroxylation sites is 1. The number of hydrogen-bond donors (Lipinski definition) is 1. The van der Waals surface area contributed by atoms with Gasteiger partial charge in [0.1, 0.15) is 5.75 Å². The topological polar surface area (TPSA) is 90.1 Å². The molecule has 7 heteroatoms. The lowest BCUT2D eigenvalue weighted by Gasteiger charge is -2.07. The monoisotopic (exact) mass is 310 g/mol. The fourth-order valence-corrected chi connectivity index (χ4v) is 2.03. The van der Waals surface area contributed by atoms with E-state index in [1.165, 1.54) is 0 Å². The largest absolute Gasteiger partial charge is 0.496 e. The molecule has 1 amide bonds. The summed E-state index contributed by atoms with van der Waals surface area (Å²) in [5, 5.41) is 6.51. The van der Waals surface area contributed by atoms with Crippen LogP contribution >= 0.6 is 0 Å². The van der Waals surface area contributed by atoms with Crippen molar-refractivity contribution in [3.05, 3.63) is 60.2 Å². The van der Waals surface area contributed by atoms with E-state index in [0.29, 0.717) is 23.7 Å². The number of aromatic nitrogens is 3. The van der Waals surface area contributed by atoms with Crippen molar-refractivity contribution < 1.29 is 14.1 Å². The van der Waals surface area contributed by atoms with Gasteiger partial charge in [0.2, 0.25) is 5.82 Å². The molecule has 0 aliphatic heterocycles. The standard InChI is InChI=1S/C16H14N4O3/c1-22-13-7-3-2-5-11(13)10-18-15(21)16-19-14(20-23-16)12-6-4-8-17-9-12/h2-9H,10H2,1H3,(H,18,21). The molecule has 0 unspecified atom stereocenters. The number of hydrogen-bond acceptors (Lipinski definition) is 6. The number of nitrogens with zero attached hydrogens (tertiary/aromatic N) is 3. The van der Waals surface area contributed by atoms with Crippen molar-refractivity contribution in [3.63, 3.8) is 0 Å². The third kappa shape index (κ3) is 3.34. The van der Waals surface area contributed by atoms with Gasteiger partial charge < -0.3 is 14.6 Å². The molecule has 3 rings (SSSR count). The van der Waals surface area contributed by atoms with Gasteiger partial charge in [0, 0.05) is 30.1 Å². The first-order valence-corrected chi connectivity index (χ1v) is 6.92. The summed E-state index contributed by atoms with van der Waals surface area (Å²) in [5.74, 6) is 0.479. The molecule has 2 aromatic heterocycles. The lowest BCUT2D eigenvalue weighted by Crippen LogP contribution is -2.23. The molecule has 1 N–H and O–H groups in total. The molecular formula is C16H14N4O3. The maximum absolute atomic E-state index is 12.1. The highest BCUT2D eigenvalue weighted by Crippen LogP contribution is 2.17. The number of amides is 1. The zero-order chi connectivity index (χ0) is 16.1. The summed E-state index contributed by atoms with van der Waals surface area (Å²) < 4.78 is 10.2. The van der Waals surface area contributed by atoms with Crippen LogP contribution in [0, 0.1) is 0 Å². The first kappa shape index (κ1) is 14.7. The van der Waals surface area contributed by atoms with Crippen LogP contribution in [0.2, 0.25) is 0 Å². The van der Waals surface area contributed by atoms with Gasteiger partial charge in [-0.05, 0) is 18.2 Å². The van der Waals surface area contributed by atoms with E-state index < -0.39 is 5.91 Å². The lowest BCUT2D eigenvalue weighted by molar-refractivity contribution is 0.0906. The Labute approximate surface area is 132 Å². The van der Waals surface area contributed by atoms with Crippen molar-refractivity contribution >= 4 is 5.91 Å². The van der Waals surface area contributed by atoms with Gasteiger partial charge in [0.25, 0.3) is 0 Å². The van der Waals surface area contributed by atoms with E-state index in [0.717, 1.165) is 5.56 Å². The molecule has 23 heavy (non-hydrogen) atoms. The second-order valence-electron chi connectivity index (χ2n) is 4.66. The molecule has 0 radical (unpaired) electrons. The molecule has 3 aromatic rings. The minimum absolute atomic E-state index is 0.0984. The highest BCUT2D eigenvalue weighted by molar-refractivity contribution is 5.89. The van der Waals surface area contributed by atoms with Crippen LogP contribution in [0.15, 0.2) is 53.3 Å². The van der Waals surface area contributed by atoms with Crippen LogP contribution in [0.25, 0.3) is 11.4 Å². The highest BCUT2D eigenvalue weighted by Gasteiger charge is 2.16. The highest BCUT2D eigenvalue weighted by atomic mass is 16.5. The maximum atomic E-state index is 12.1. The molecule has 0 aliphatic rings. The third-order valence-electron chi connectivity index (χ3n) is 3.17. The summed E-state index contributed by atoms with van der Waals surface area (Å²) in [5.41, 5.74) is 1.54. The second kappa shape index (κ2) is 6.69. The molecule has 0 spiro atoms. The van der Waals surface area contributed by atoms with Crippen LogP contribution in [-0.2, 0) is 6.54 Å². The molecule has 2 heterocycles. The first-order valence-electron chi connectivity index (χ1n) is 6.92. The molecule has 116 valence electrons. The first-order chi connectivity index (χ1) is 11.3. The van der Waals surface area contributed by atoms with Crippen molar-refractivity contribution in [3.8, 4) is 17.1 Å². The number of pyridine rings is 1. The summed E-state index contributed by atoms with van der Waals surface area (Å²) in [6.07, 6.45) is 3.24. The van der Waals surface area contributed by atoms with E-state index in [4.69, 9.17) is 9.26 Å². The Morgan fingerprint density at radius 3 is 2.91 bits per heavy atom. The Kier molecular flexibility index (Phi) is 4.28. The maximum Gasteiger partial charge on any atom is 0.316 e. The molecule has 0 bridgehead atoms. The predicted octanol–water partition coefficient (Wildman–Crippen LogP) is 2.07. The molecule has 0 fully saturated rings. The molecule has 0 aliphatic carbocycles. The number of benzene rings is 1. The van der Waals surface area contributed by atoms with Crippen molar-refractivity contribution in [2.75, 3.05) is 7.11 Å². The molecule has 0 saturated carbocycles. The second-order valence-corrected chi connectivity index (χ2v) is 4.66. The zero-order valence-corrected chi connectivity index (χ0v) is 12.4. The van der Waals surface area contributed by atoms with Gasteiger partial charge in [0.15, 0.2) is 0 Å². The normalized spacial score (nSPS) is 10.3. The van der Waals surface area contributed by atoms with Crippen LogP contribution in [0.4, 0.5) is 0 Å². The van der Waals surface area contributed by atoms with E-state index in [1.807, 2.05) is 24.3 Å². The van der Waals surface area contributed by atoms with Gasteiger partial charge in [0.05, 0.1) is 7.11 Å². The number of carbonyl (C=O) groups is 1. The quantitative estimate of drug-likeness (QED) is 0.776. The van der Waals surface area contributed by atoms with Crippen molar-refractivity contribution in [2.24, 2.45) is 0 Å². The summed E-state index contributed by atoms with van der Waals surface area (Å²) in [6.45, 7) is 0.299. The van der Waals surface area contributed by atoms with E-state index in [2.05, 4.69) is 20.4 Å². The Bertz CT molecular complexity index is 802. The van der Waals surface area contributed by atoms with E-state index in [1.54, 1.807) is 31.6 Å². The average Bonchev–Trinajstić information content (AvgIpc) is 3.11. The molecule has 0 atom stereocenters. The van der Waals surface area contributed by atoms with Gasteiger partial charge >= 0.3 is 11.8 Å². The Hall–Kier alpha value is -3.22. The predicted molar refractivity (Wildman–Crippen MR) is 81.7 cm³/mol. The zero-order valence-electron chi connectivity index (χ0n) is 12.4. The van der Waals surface area contributed by atoms with Crippen LogP contribution in [-0.4, -0.2) is 28.1 Å². The minimum atomic E-state index is -0.446. The fourth-order valence-electron chi connectivity index (χ4n) is 2.03. The average molecular weight is 310 g/mol. The van der Waals surface area contributed by atoms with E-state index >= 15 is 0 Å². The summed E-state index contributed by atoms with van der Waals surface area (Å²) >= 11 is 0. The minimum Gasteiger partial charge on any atom is -0.496 e. The smallest absolute Gasteiger partial charge is 0.316 e. The van der Waals surface area contributed by atoms with Gasteiger partial charge in [-0.3, -0.25) is 9.78 Å². The van der Waals surface area contributed by atoms with Crippen molar-refractivity contribution in [1.29, 1.82) is 0 Å². The molecule has 0 saturated heterocycles. The van der Waals surface area contributed by atoms with Crippen LogP contribution in [0.5, 0.6) is 5.75 Å². The van der Waals surface area contributed by atoms with E-state index in [9.17, 15) is 4.79 Å². The number of methoxy groups -OCH3 is 1. The van der Waals surface area contributed by atoms with Gasteiger partial charge in [-0.2, -0.15) is 4.98 Å². The summed E-state index contributed by atoms with van der Waals surface area (Å²) in [7, 11) is 1.58. The van der Waals surface area contributed by atoms with Gasteiger partial charge in [-0.25, -0.2) is 0 Å². The summed E-state index contributed by atoms with van der Waals surface area (Å²) in [6, 6.07) is 11.0. The number of nitrogens with one attached hydrogen (secondary N) is 1. The number of ether oxygens (including phenoxy) is 1. The molecular weight excluding hydrogens is 296 g/mol. The Morgan fingerprint density at radius 1 is 1.26 bits per heavy atom. The number of rotatable bonds is 5. The van der Waals surface area contributed by atoms with Crippen LogP contribution < -0.4 is 10.1 Å². The Balaban J connectivity index is 1.68. The fraction of sp³-hybridized carbons (Fsp3) is 0.125. The van der Waals surface area contributed by atoms with E-state index in [-0.39, 0.29) is 5.89 Å². The molecule has 7 nitrogen and oxygen atoms in total. The Morgan fingerprint density at radius 2 is 2.13 bits per heavy atom. The van der Waals surface area contributed by atoms with Gasteiger partial charge in [-0.1, -0.05) is 23.4 Å². The van der Waals surface area contributed by atoms with Crippen molar-refractivity contribution in [2.45, 2.75) is 6.54 Å². The van der Waals surface area contributed by atoms with Crippen LogP contribution in [0.3, 0.4) is 0 Å². The summed E-state index contributed by atoms with van der Waals surface area (Å²) in [4.78, 5) is 20.1. The molecule has 1 aromatic carbocycles. The lowest BCUT2D eigenvalue weighted by atomic mass is 10.2. The third-order valence-corrected chi connectivity index (χ3v) is 3.17.